The average Bonchev–Trinajstić information content (AvgIpc) is 2.99. The molecule has 1 saturated carbocycles. The number of esters is 1. The van der Waals surface area contributed by atoms with Gasteiger partial charge in [-0.3, -0.25) is 4.79 Å². The molecule has 0 aromatic heterocycles. The fraction of sp³-hybridized carbons (Fsp3) is 0.917. The summed E-state index contributed by atoms with van der Waals surface area (Å²) in [7, 11) is 0. The largest absolute Gasteiger partial charge is 0.466 e. The van der Waals surface area contributed by atoms with Gasteiger partial charge >= 0.3 is 5.97 Å². The van der Waals surface area contributed by atoms with Gasteiger partial charge in [0.1, 0.15) is 0 Å². The maximum Gasteiger partial charge on any atom is 0.309 e. The molecule has 2 aliphatic rings. The maximum absolute atomic E-state index is 11.4. The van der Waals surface area contributed by atoms with Crippen molar-refractivity contribution in [2.75, 3.05) is 13.2 Å². The second-order valence-electron chi connectivity index (χ2n) is 4.74. The highest BCUT2D eigenvalue weighted by atomic mass is 16.5. The van der Waals surface area contributed by atoms with Crippen molar-refractivity contribution in [3.63, 3.8) is 0 Å². The Bertz CT molecular complexity index is 224. The molecule has 1 aliphatic heterocycles. The molecule has 1 heterocycles. The molecule has 3 heteroatoms. The Morgan fingerprint density at radius 3 is 3.00 bits per heavy atom. The first-order valence-electron chi connectivity index (χ1n) is 6.21. The van der Waals surface area contributed by atoms with Crippen molar-refractivity contribution >= 4 is 5.97 Å². The third kappa shape index (κ3) is 2.94. The molecule has 1 N–H and O–H groups in total. The molecule has 2 fully saturated rings. The van der Waals surface area contributed by atoms with E-state index in [1.807, 2.05) is 6.92 Å². The monoisotopic (exact) mass is 211 g/mol. The van der Waals surface area contributed by atoms with Crippen molar-refractivity contribution in [1.82, 2.24) is 5.32 Å². The van der Waals surface area contributed by atoms with E-state index in [0.29, 0.717) is 18.6 Å². The number of nitrogens with one attached hydrogen (secondary N) is 1. The molecule has 1 unspecified atom stereocenters. The molecule has 0 aromatic rings. The molecule has 15 heavy (non-hydrogen) atoms. The van der Waals surface area contributed by atoms with E-state index in [2.05, 4.69) is 5.32 Å². The summed E-state index contributed by atoms with van der Waals surface area (Å²) in [5.41, 5.74) is 0. The normalized spacial score (nSPS) is 34.9. The minimum absolute atomic E-state index is 0.0262. The van der Waals surface area contributed by atoms with E-state index in [1.54, 1.807) is 0 Å². The highest BCUT2D eigenvalue weighted by molar-refractivity contribution is 5.75. The van der Waals surface area contributed by atoms with Gasteiger partial charge < -0.3 is 10.1 Å². The zero-order chi connectivity index (χ0) is 10.7. The van der Waals surface area contributed by atoms with Crippen LogP contribution in [0.5, 0.6) is 0 Å². The average molecular weight is 211 g/mol. The Hall–Kier alpha value is -0.570. The summed E-state index contributed by atoms with van der Waals surface area (Å²) in [6, 6.07) is 0.656. The van der Waals surface area contributed by atoms with E-state index in [4.69, 9.17) is 4.74 Å². The van der Waals surface area contributed by atoms with Gasteiger partial charge in [-0.2, -0.15) is 0 Å². The van der Waals surface area contributed by atoms with Gasteiger partial charge in [0.05, 0.1) is 12.5 Å². The molecule has 0 aromatic carbocycles. The molecule has 0 radical (unpaired) electrons. The standard InChI is InChI=1S/C12H21NO2/c1-2-15-12(14)11-8-9(11)7-10-5-3-4-6-13-10/h9-11,13H,2-8H2,1H3/t9-,10?,11-/m1/s1. The van der Waals surface area contributed by atoms with E-state index in [0.717, 1.165) is 13.0 Å². The highest BCUT2D eigenvalue weighted by Crippen LogP contribution is 2.43. The van der Waals surface area contributed by atoms with Crippen LogP contribution in [-0.4, -0.2) is 25.2 Å². The number of carbonyl (C=O) groups is 1. The smallest absolute Gasteiger partial charge is 0.309 e. The first-order valence-corrected chi connectivity index (χ1v) is 6.21. The fourth-order valence-electron chi connectivity index (χ4n) is 2.54. The summed E-state index contributed by atoms with van der Waals surface area (Å²) in [4.78, 5) is 11.4. The third-order valence-corrected chi connectivity index (χ3v) is 3.51. The van der Waals surface area contributed by atoms with Crippen molar-refractivity contribution in [2.45, 2.75) is 45.1 Å². The number of carbonyl (C=O) groups excluding carboxylic acids is 1. The topological polar surface area (TPSA) is 38.3 Å². The van der Waals surface area contributed by atoms with E-state index in [1.165, 1.54) is 25.7 Å². The summed E-state index contributed by atoms with van der Waals surface area (Å²) in [5, 5.41) is 3.53. The number of hydrogen-bond donors (Lipinski definition) is 1. The van der Waals surface area contributed by atoms with E-state index >= 15 is 0 Å². The molecule has 3 nitrogen and oxygen atoms in total. The Labute approximate surface area is 91.6 Å². The third-order valence-electron chi connectivity index (χ3n) is 3.51. The summed E-state index contributed by atoms with van der Waals surface area (Å²) in [6.07, 6.45) is 6.16. The number of hydrogen-bond acceptors (Lipinski definition) is 3. The molecule has 0 spiro atoms. The van der Waals surface area contributed by atoms with E-state index in [-0.39, 0.29) is 11.9 Å². The van der Waals surface area contributed by atoms with E-state index in [9.17, 15) is 4.79 Å². The molecule has 1 saturated heterocycles. The lowest BCUT2D eigenvalue weighted by Gasteiger charge is -2.23. The number of rotatable bonds is 4. The van der Waals surface area contributed by atoms with Crippen molar-refractivity contribution < 1.29 is 9.53 Å². The van der Waals surface area contributed by atoms with Gasteiger partial charge in [-0.25, -0.2) is 0 Å². The number of ether oxygens (including phenoxy) is 1. The van der Waals surface area contributed by atoms with Crippen LogP contribution in [0.25, 0.3) is 0 Å². The summed E-state index contributed by atoms with van der Waals surface area (Å²) < 4.78 is 5.03. The van der Waals surface area contributed by atoms with Gasteiger partial charge in [-0.1, -0.05) is 6.42 Å². The van der Waals surface area contributed by atoms with Crippen molar-refractivity contribution in [3.05, 3.63) is 0 Å². The molecular formula is C12H21NO2. The van der Waals surface area contributed by atoms with Crippen molar-refractivity contribution in [2.24, 2.45) is 11.8 Å². The first kappa shape index (κ1) is 10.9. The molecular weight excluding hydrogens is 190 g/mol. The van der Waals surface area contributed by atoms with Gasteiger partial charge in [0.15, 0.2) is 0 Å². The molecule has 2 rings (SSSR count). The van der Waals surface area contributed by atoms with Crippen LogP contribution >= 0.6 is 0 Å². The lowest BCUT2D eigenvalue weighted by molar-refractivity contribution is -0.145. The molecule has 86 valence electrons. The van der Waals surface area contributed by atoms with Crippen LogP contribution in [0.4, 0.5) is 0 Å². The zero-order valence-electron chi connectivity index (χ0n) is 9.50. The fourth-order valence-corrected chi connectivity index (χ4v) is 2.54. The predicted octanol–water partition coefficient (Wildman–Crippen LogP) is 1.72. The molecule has 0 amide bonds. The van der Waals surface area contributed by atoms with Crippen LogP contribution in [0, 0.1) is 11.8 Å². The van der Waals surface area contributed by atoms with Crippen LogP contribution < -0.4 is 5.32 Å². The van der Waals surface area contributed by atoms with Crippen LogP contribution in [-0.2, 0) is 9.53 Å². The first-order chi connectivity index (χ1) is 7.31. The highest BCUT2D eigenvalue weighted by Gasteiger charge is 2.44. The van der Waals surface area contributed by atoms with Crippen LogP contribution in [0.15, 0.2) is 0 Å². The minimum Gasteiger partial charge on any atom is -0.466 e. The SMILES string of the molecule is CCOC(=O)[C@@H]1C[C@H]1CC1CCCCN1. The van der Waals surface area contributed by atoms with E-state index < -0.39 is 0 Å². The second-order valence-corrected chi connectivity index (χ2v) is 4.74. The van der Waals surface area contributed by atoms with Gasteiger partial charge in [0.25, 0.3) is 0 Å². The maximum atomic E-state index is 11.4. The predicted molar refractivity (Wildman–Crippen MR) is 58.5 cm³/mol. The molecule has 3 atom stereocenters. The molecule has 1 aliphatic carbocycles. The summed E-state index contributed by atoms with van der Waals surface area (Å²) in [5.74, 6) is 0.839. The van der Waals surface area contributed by atoms with Crippen molar-refractivity contribution in [1.29, 1.82) is 0 Å². The summed E-state index contributed by atoms with van der Waals surface area (Å²) >= 11 is 0. The Kier molecular flexibility index (Phi) is 3.62. The van der Waals surface area contributed by atoms with Gasteiger partial charge in [-0.05, 0) is 45.1 Å². The lowest BCUT2D eigenvalue weighted by Crippen LogP contribution is -2.34. The zero-order valence-corrected chi connectivity index (χ0v) is 9.50. The molecule has 0 bridgehead atoms. The van der Waals surface area contributed by atoms with Crippen LogP contribution in [0.2, 0.25) is 0 Å². The van der Waals surface area contributed by atoms with Crippen LogP contribution in [0.1, 0.15) is 39.0 Å². The van der Waals surface area contributed by atoms with Crippen molar-refractivity contribution in [3.8, 4) is 0 Å². The van der Waals surface area contributed by atoms with Gasteiger partial charge in [0, 0.05) is 6.04 Å². The Morgan fingerprint density at radius 1 is 1.47 bits per heavy atom. The minimum atomic E-state index is 0.0262. The van der Waals surface area contributed by atoms with Gasteiger partial charge in [-0.15, -0.1) is 0 Å². The van der Waals surface area contributed by atoms with Crippen LogP contribution in [0.3, 0.4) is 0 Å². The Morgan fingerprint density at radius 2 is 2.33 bits per heavy atom. The Balaban J connectivity index is 1.67. The number of piperidine rings is 1. The summed E-state index contributed by atoms with van der Waals surface area (Å²) in [6.45, 7) is 3.54. The lowest BCUT2D eigenvalue weighted by atomic mass is 9.99. The second kappa shape index (κ2) is 4.97. The van der Waals surface area contributed by atoms with Gasteiger partial charge in [0.2, 0.25) is 0 Å². The quantitative estimate of drug-likeness (QED) is 0.720.